The topological polar surface area (TPSA) is 136 Å². The van der Waals surface area contributed by atoms with E-state index >= 15 is 0 Å². The third-order valence-corrected chi connectivity index (χ3v) is 8.43. The first-order valence-electron chi connectivity index (χ1n) is 11.2. The molecule has 0 radical (unpaired) electrons. The maximum Gasteiger partial charge on any atom is 0.145 e. The lowest BCUT2D eigenvalue weighted by atomic mass is 9.80. The number of nitrogens with two attached hydrogens (primary N) is 2. The van der Waals surface area contributed by atoms with Gasteiger partial charge < -0.3 is 26.2 Å². The molecule has 0 aliphatic heterocycles. The monoisotopic (exact) mass is 508 g/mol. The standard InChI is InChI=1S/C24H25BrN6O2/c25-16-7-13-2-1-12(8-17(13)30-22(16)27)14-3-5-24(9-14)10-18(19(32)20(24)33)31-6-4-15-21(26)28-11-29-23(15)31/h1-2,4,6-8,11,14,18-20,32-33H,3,5,9-10H2,(H2,27,30)(H2,26,28,29)/t14-,18+,19-,20-,24-/m0/s1. The summed E-state index contributed by atoms with van der Waals surface area (Å²) in [6.45, 7) is 0. The van der Waals surface area contributed by atoms with Gasteiger partial charge in [0.25, 0.3) is 0 Å². The Kier molecular flexibility index (Phi) is 4.66. The summed E-state index contributed by atoms with van der Waals surface area (Å²) in [5.41, 5.74) is 14.4. The van der Waals surface area contributed by atoms with Gasteiger partial charge in [0.2, 0.25) is 0 Å². The number of hydrogen-bond acceptors (Lipinski definition) is 7. The molecule has 2 aliphatic rings. The van der Waals surface area contributed by atoms with Crippen LogP contribution in [-0.4, -0.2) is 41.9 Å². The van der Waals surface area contributed by atoms with Crippen LogP contribution in [0.3, 0.4) is 0 Å². The van der Waals surface area contributed by atoms with Gasteiger partial charge in [0.1, 0.15) is 29.7 Å². The summed E-state index contributed by atoms with van der Waals surface area (Å²) in [6.07, 6.45) is 4.97. The zero-order valence-electron chi connectivity index (χ0n) is 17.9. The van der Waals surface area contributed by atoms with Crippen molar-refractivity contribution in [1.29, 1.82) is 0 Å². The minimum absolute atomic E-state index is 0.263. The van der Waals surface area contributed by atoms with E-state index in [9.17, 15) is 10.2 Å². The lowest BCUT2D eigenvalue weighted by Crippen LogP contribution is -2.35. The number of aliphatic hydroxyl groups excluding tert-OH is 2. The average molecular weight is 509 g/mol. The first kappa shape index (κ1) is 20.8. The smallest absolute Gasteiger partial charge is 0.145 e. The number of halogens is 1. The number of benzene rings is 1. The molecule has 4 aromatic rings. The second-order valence-corrected chi connectivity index (χ2v) is 10.4. The zero-order chi connectivity index (χ0) is 22.9. The second-order valence-electron chi connectivity index (χ2n) is 9.54. The van der Waals surface area contributed by atoms with Crippen molar-refractivity contribution >= 4 is 49.5 Å². The van der Waals surface area contributed by atoms with E-state index in [0.717, 1.165) is 40.0 Å². The number of aromatic nitrogens is 4. The third kappa shape index (κ3) is 3.13. The highest BCUT2D eigenvalue weighted by Gasteiger charge is 2.56. The maximum atomic E-state index is 11.2. The van der Waals surface area contributed by atoms with Crippen LogP contribution in [0.25, 0.3) is 21.9 Å². The fourth-order valence-electron chi connectivity index (χ4n) is 6.07. The van der Waals surface area contributed by atoms with Gasteiger partial charge >= 0.3 is 0 Å². The van der Waals surface area contributed by atoms with Crippen molar-refractivity contribution in [3.8, 4) is 0 Å². The molecule has 1 aromatic carbocycles. The van der Waals surface area contributed by atoms with Crippen molar-refractivity contribution in [3.63, 3.8) is 0 Å². The molecule has 5 atom stereocenters. The molecule has 170 valence electrons. The summed E-state index contributed by atoms with van der Waals surface area (Å²) >= 11 is 3.44. The number of anilines is 2. The van der Waals surface area contributed by atoms with Gasteiger partial charge in [0.05, 0.1) is 27.5 Å². The van der Waals surface area contributed by atoms with E-state index in [0.29, 0.717) is 29.6 Å². The molecule has 0 amide bonds. The molecule has 0 bridgehead atoms. The van der Waals surface area contributed by atoms with Gasteiger partial charge in [-0.05, 0) is 71.3 Å². The van der Waals surface area contributed by atoms with Crippen LogP contribution in [0.5, 0.6) is 0 Å². The number of rotatable bonds is 2. The average Bonchev–Trinajstić information content (AvgIpc) is 3.48. The fraction of sp³-hybridized carbons (Fsp3) is 0.375. The molecule has 8 nitrogen and oxygen atoms in total. The van der Waals surface area contributed by atoms with E-state index in [-0.39, 0.29) is 11.5 Å². The van der Waals surface area contributed by atoms with Gasteiger partial charge in [-0.15, -0.1) is 0 Å². The lowest BCUT2D eigenvalue weighted by molar-refractivity contribution is -0.0260. The van der Waals surface area contributed by atoms with Gasteiger partial charge in [0, 0.05) is 17.0 Å². The number of nitrogen functional groups attached to an aromatic ring is 2. The Morgan fingerprint density at radius 2 is 1.91 bits per heavy atom. The predicted molar refractivity (Wildman–Crippen MR) is 130 cm³/mol. The molecular formula is C24H25BrN6O2. The van der Waals surface area contributed by atoms with Crippen LogP contribution in [0.1, 0.15) is 43.2 Å². The number of pyridine rings is 1. The SMILES string of the molecule is Nc1nc2cc([C@H]3CC[C@]4(C3)C[C@@H](n3ccc5c(N)ncnc53)[C@H](O)[C@@H]4O)ccc2cc1Br. The van der Waals surface area contributed by atoms with E-state index in [4.69, 9.17) is 11.5 Å². The molecule has 6 rings (SSSR count). The quantitative estimate of drug-likeness (QED) is 0.325. The Hall–Kier alpha value is -2.75. The van der Waals surface area contributed by atoms with Crippen molar-refractivity contribution in [1.82, 2.24) is 19.5 Å². The normalized spacial score (nSPS) is 29.5. The minimum atomic E-state index is -0.869. The van der Waals surface area contributed by atoms with Crippen LogP contribution in [0.4, 0.5) is 11.6 Å². The molecule has 6 N–H and O–H groups in total. The predicted octanol–water partition coefficient (Wildman–Crippen LogP) is 3.53. The van der Waals surface area contributed by atoms with Crippen LogP contribution >= 0.6 is 15.9 Å². The van der Waals surface area contributed by atoms with Crippen LogP contribution in [-0.2, 0) is 0 Å². The van der Waals surface area contributed by atoms with Crippen LogP contribution in [0.15, 0.2) is 47.3 Å². The molecular weight excluding hydrogens is 484 g/mol. The summed E-state index contributed by atoms with van der Waals surface area (Å²) in [6, 6.07) is 9.92. The number of hydrogen-bond donors (Lipinski definition) is 4. The highest BCUT2D eigenvalue weighted by molar-refractivity contribution is 9.10. The number of aliphatic hydroxyl groups is 2. The Labute approximate surface area is 198 Å². The van der Waals surface area contributed by atoms with Gasteiger partial charge in [0.15, 0.2) is 0 Å². The molecule has 2 fully saturated rings. The highest BCUT2D eigenvalue weighted by atomic mass is 79.9. The zero-order valence-corrected chi connectivity index (χ0v) is 19.5. The van der Waals surface area contributed by atoms with E-state index < -0.39 is 12.2 Å². The van der Waals surface area contributed by atoms with E-state index in [1.165, 1.54) is 11.9 Å². The molecule has 0 saturated heterocycles. The first-order chi connectivity index (χ1) is 15.9. The van der Waals surface area contributed by atoms with E-state index in [1.807, 2.05) is 22.9 Å². The summed E-state index contributed by atoms with van der Waals surface area (Å²) < 4.78 is 2.74. The van der Waals surface area contributed by atoms with Gasteiger partial charge in [-0.25, -0.2) is 15.0 Å². The Balaban J connectivity index is 1.30. The van der Waals surface area contributed by atoms with Gasteiger partial charge in [-0.3, -0.25) is 0 Å². The first-order valence-corrected chi connectivity index (χ1v) is 11.9. The Morgan fingerprint density at radius 3 is 2.76 bits per heavy atom. The van der Waals surface area contributed by atoms with E-state index in [1.54, 1.807) is 0 Å². The van der Waals surface area contributed by atoms with Gasteiger partial charge in [-0.2, -0.15) is 0 Å². The third-order valence-electron chi connectivity index (χ3n) is 7.80. The molecule has 9 heteroatoms. The Morgan fingerprint density at radius 1 is 1.06 bits per heavy atom. The second kappa shape index (κ2) is 7.38. The van der Waals surface area contributed by atoms with Crippen LogP contribution in [0.2, 0.25) is 0 Å². The van der Waals surface area contributed by atoms with Crippen LogP contribution < -0.4 is 11.5 Å². The van der Waals surface area contributed by atoms with Crippen LogP contribution in [0, 0.1) is 5.41 Å². The van der Waals surface area contributed by atoms with E-state index in [2.05, 4.69) is 49.1 Å². The summed E-state index contributed by atoms with van der Waals surface area (Å²) in [5, 5.41) is 24.1. The van der Waals surface area contributed by atoms with Crippen molar-refractivity contribution in [2.45, 2.75) is 49.9 Å². The summed E-state index contributed by atoms with van der Waals surface area (Å²) in [7, 11) is 0. The largest absolute Gasteiger partial charge is 0.390 e. The molecule has 2 aliphatic carbocycles. The molecule has 3 heterocycles. The lowest BCUT2D eigenvalue weighted by Gasteiger charge is -2.28. The molecule has 3 aromatic heterocycles. The van der Waals surface area contributed by atoms with Crippen molar-refractivity contribution in [3.05, 3.63) is 52.9 Å². The van der Waals surface area contributed by atoms with Crippen molar-refractivity contribution in [2.75, 3.05) is 11.5 Å². The van der Waals surface area contributed by atoms with Gasteiger partial charge in [-0.1, -0.05) is 12.1 Å². The number of fused-ring (bicyclic) bond motifs is 2. The molecule has 1 spiro atoms. The molecule has 2 saturated carbocycles. The maximum absolute atomic E-state index is 11.2. The summed E-state index contributed by atoms with van der Waals surface area (Å²) in [5.74, 6) is 1.18. The number of nitrogens with zero attached hydrogens (tertiary/aromatic N) is 4. The minimum Gasteiger partial charge on any atom is -0.390 e. The fourth-order valence-corrected chi connectivity index (χ4v) is 6.41. The Bertz CT molecular complexity index is 1390. The highest BCUT2D eigenvalue weighted by Crippen LogP contribution is 2.58. The van der Waals surface area contributed by atoms with Crippen molar-refractivity contribution < 1.29 is 10.2 Å². The molecule has 0 unspecified atom stereocenters. The molecule has 33 heavy (non-hydrogen) atoms. The van der Waals surface area contributed by atoms with Crippen molar-refractivity contribution in [2.24, 2.45) is 5.41 Å². The summed E-state index contributed by atoms with van der Waals surface area (Å²) in [4.78, 5) is 13.0.